The van der Waals surface area contributed by atoms with Gasteiger partial charge in [-0.05, 0) is 73.4 Å². The molecule has 0 fully saturated rings. The number of nitriles is 1. The van der Waals surface area contributed by atoms with Crippen molar-refractivity contribution in [3.63, 3.8) is 0 Å². The minimum atomic E-state index is -0.210. The molecule has 1 unspecified atom stereocenters. The van der Waals surface area contributed by atoms with Crippen molar-refractivity contribution in [2.75, 3.05) is 25.6 Å². The summed E-state index contributed by atoms with van der Waals surface area (Å²) in [6.45, 7) is 5.92. The van der Waals surface area contributed by atoms with Gasteiger partial charge >= 0.3 is 0 Å². The first-order chi connectivity index (χ1) is 15.9. The Morgan fingerprint density at radius 3 is 2.18 bits per heavy atom. The zero-order valence-corrected chi connectivity index (χ0v) is 21.1. The lowest BCUT2D eigenvalue weighted by molar-refractivity contribution is 0.208. The normalized spacial score (nSPS) is 20.1. The highest BCUT2D eigenvalue weighted by atomic mass is 32.2. The maximum Gasteiger partial charge on any atom is 0.205 e. The summed E-state index contributed by atoms with van der Waals surface area (Å²) >= 11 is 3.44. The quantitative estimate of drug-likeness (QED) is 0.535. The fraction of sp³-hybridized carbons (Fsp3) is 0.296. The molecule has 4 rings (SSSR count). The minimum absolute atomic E-state index is 0.205. The van der Waals surface area contributed by atoms with E-state index in [2.05, 4.69) is 91.9 Å². The summed E-state index contributed by atoms with van der Waals surface area (Å²) in [6, 6.07) is 19.7. The van der Waals surface area contributed by atoms with Crippen molar-refractivity contribution in [1.82, 2.24) is 4.90 Å². The highest BCUT2D eigenvalue weighted by molar-refractivity contribution is 7.98. The number of hydrogen-bond donors (Lipinski definition) is 1. The Bertz CT molecular complexity index is 1160. The molecule has 2 aromatic carbocycles. The Labute approximate surface area is 205 Å². The number of nitrogens with two attached hydrogens (primary N) is 1. The van der Waals surface area contributed by atoms with Crippen molar-refractivity contribution in [2.24, 2.45) is 5.73 Å². The second kappa shape index (κ2) is 10.1. The zero-order valence-electron chi connectivity index (χ0n) is 19.5. The van der Waals surface area contributed by atoms with Crippen molar-refractivity contribution in [3.05, 3.63) is 88.0 Å². The van der Waals surface area contributed by atoms with Crippen molar-refractivity contribution in [2.45, 2.75) is 35.6 Å². The maximum absolute atomic E-state index is 9.98. The Hall–Kier alpha value is -2.59. The first-order valence-corrected chi connectivity index (χ1v) is 13.4. The molecule has 0 aliphatic carbocycles. The number of allylic oxidation sites excluding steroid dienone is 1. The van der Waals surface area contributed by atoms with Crippen LogP contribution in [0, 0.1) is 11.3 Å². The third-order valence-electron chi connectivity index (χ3n) is 6.20. The third-order valence-corrected chi connectivity index (χ3v) is 7.69. The van der Waals surface area contributed by atoms with E-state index < -0.39 is 0 Å². The maximum atomic E-state index is 9.98. The van der Waals surface area contributed by atoms with Gasteiger partial charge in [-0.3, -0.25) is 4.90 Å². The van der Waals surface area contributed by atoms with Gasteiger partial charge < -0.3 is 10.5 Å². The summed E-state index contributed by atoms with van der Waals surface area (Å²) < 4.78 is 6.16. The molecule has 0 aromatic heterocycles. The molecule has 2 aliphatic rings. The van der Waals surface area contributed by atoms with Gasteiger partial charge in [0.1, 0.15) is 17.4 Å². The Kier molecular flexibility index (Phi) is 7.23. The first-order valence-electron chi connectivity index (χ1n) is 11.0. The third kappa shape index (κ3) is 4.86. The molecule has 4 nitrogen and oxygen atoms in total. The van der Waals surface area contributed by atoms with Gasteiger partial charge in [0.15, 0.2) is 0 Å². The number of nitrogens with zero attached hydrogens (tertiary/aromatic N) is 2. The molecule has 2 aromatic rings. The molecule has 0 spiro atoms. The van der Waals surface area contributed by atoms with E-state index in [0.717, 1.165) is 41.1 Å². The molecule has 0 bridgehead atoms. The van der Waals surface area contributed by atoms with Crippen molar-refractivity contribution >= 4 is 29.6 Å². The molecule has 33 heavy (non-hydrogen) atoms. The summed E-state index contributed by atoms with van der Waals surface area (Å²) in [5.74, 6) is 0.812. The lowest BCUT2D eigenvalue weighted by Crippen LogP contribution is -2.41. The molecule has 170 valence electrons. The number of hydrogen-bond acceptors (Lipinski definition) is 6. The van der Waals surface area contributed by atoms with Crippen LogP contribution in [0.5, 0.6) is 0 Å². The molecule has 0 amide bonds. The molecule has 0 radical (unpaired) electrons. The van der Waals surface area contributed by atoms with Crippen LogP contribution in [0.1, 0.15) is 30.9 Å². The highest BCUT2D eigenvalue weighted by Gasteiger charge is 2.38. The SMILES string of the molecule is CSc1ccc(C=C2CN(C(C)C)CC3=C2OC(N)=C(C#N)C3c2ccc(SC)cc2)cc1. The van der Waals surface area contributed by atoms with Gasteiger partial charge in [-0.15, -0.1) is 23.5 Å². The van der Waals surface area contributed by atoms with E-state index in [1.54, 1.807) is 23.5 Å². The van der Waals surface area contributed by atoms with E-state index in [-0.39, 0.29) is 11.8 Å². The monoisotopic (exact) mass is 475 g/mol. The number of thioether (sulfide) groups is 2. The Morgan fingerprint density at radius 1 is 1.03 bits per heavy atom. The van der Waals surface area contributed by atoms with Gasteiger partial charge in [-0.25, -0.2) is 0 Å². The topological polar surface area (TPSA) is 62.3 Å². The van der Waals surface area contributed by atoms with Crippen LogP contribution in [-0.2, 0) is 4.74 Å². The fourth-order valence-corrected chi connectivity index (χ4v) is 5.16. The van der Waals surface area contributed by atoms with Crippen LogP contribution in [0.25, 0.3) is 6.08 Å². The predicted molar refractivity (Wildman–Crippen MR) is 139 cm³/mol. The number of benzene rings is 2. The van der Waals surface area contributed by atoms with E-state index >= 15 is 0 Å². The van der Waals surface area contributed by atoms with Crippen LogP contribution in [0.2, 0.25) is 0 Å². The minimum Gasteiger partial charge on any atom is -0.440 e. The van der Waals surface area contributed by atoms with Crippen molar-refractivity contribution in [3.8, 4) is 6.07 Å². The molecule has 2 aliphatic heterocycles. The van der Waals surface area contributed by atoms with Gasteiger partial charge in [0.05, 0.1) is 5.92 Å². The number of ether oxygens (including phenoxy) is 1. The van der Waals surface area contributed by atoms with Gasteiger partial charge in [0.25, 0.3) is 0 Å². The second-order valence-corrected chi connectivity index (χ2v) is 10.3. The lowest BCUT2D eigenvalue weighted by atomic mass is 9.80. The Morgan fingerprint density at radius 2 is 1.64 bits per heavy atom. The standard InChI is InChI=1S/C27H29N3OS2/c1-17(2)30-15-20(13-18-5-9-21(32-3)10-6-18)26-24(16-30)25(23(14-28)27(29)31-26)19-7-11-22(33-4)12-8-19/h5-13,17,25H,15-16,29H2,1-4H3. The molecule has 0 saturated carbocycles. The molecule has 6 heteroatoms. The van der Waals surface area contributed by atoms with Gasteiger partial charge in [-0.1, -0.05) is 24.3 Å². The summed E-state index contributed by atoms with van der Waals surface area (Å²) in [5, 5.41) is 9.98. The molecule has 1 atom stereocenters. The van der Waals surface area contributed by atoms with Crippen LogP contribution in [0.3, 0.4) is 0 Å². The summed E-state index contributed by atoms with van der Waals surface area (Å²) in [7, 11) is 0. The van der Waals surface area contributed by atoms with Crippen molar-refractivity contribution in [1.29, 1.82) is 5.26 Å². The van der Waals surface area contributed by atoms with E-state index in [4.69, 9.17) is 10.5 Å². The van der Waals surface area contributed by atoms with Crippen LogP contribution >= 0.6 is 23.5 Å². The molecule has 2 N–H and O–H groups in total. The van der Waals surface area contributed by atoms with Crippen LogP contribution in [0.4, 0.5) is 0 Å². The molecular weight excluding hydrogens is 446 g/mol. The summed E-state index contributed by atoms with van der Waals surface area (Å²) in [4.78, 5) is 4.85. The number of rotatable bonds is 5. The summed E-state index contributed by atoms with van der Waals surface area (Å²) in [6.07, 6.45) is 6.33. The summed E-state index contributed by atoms with van der Waals surface area (Å²) in [5.41, 5.74) is 11.2. The van der Waals surface area contributed by atoms with Gasteiger partial charge in [0.2, 0.25) is 5.88 Å². The van der Waals surface area contributed by atoms with Crippen molar-refractivity contribution < 1.29 is 4.74 Å². The average Bonchev–Trinajstić information content (AvgIpc) is 2.84. The largest absolute Gasteiger partial charge is 0.440 e. The first kappa shape index (κ1) is 23.6. The second-order valence-electron chi connectivity index (χ2n) is 8.49. The van der Waals surface area contributed by atoms with Crippen LogP contribution < -0.4 is 5.73 Å². The van der Waals surface area contributed by atoms with E-state index in [0.29, 0.717) is 11.6 Å². The molecule has 2 heterocycles. The molecular formula is C27H29N3OS2. The fourth-order valence-electron chi connectivity index (χ4n) is 4.34. The smallest absolute Gasteiger partial charge is 0.205 e. The van der Waals surface area contributed by atoms with E-state index in [1.165, 1.54) is 9.79 Å². The van der Waals surface area contributed by atoms with Gasteiger partial charge in [-0.2, -0.15) is 5.26 Å². The van der Waals surface area contributed by atoms with E-state index in [9.17, 15) is 5.26 Å². The predicted octanol–water partition coefficient (Wildman–Crippen LogP) is 6.00. The average molecular weight is 476 g/mol. The Balaban J connectivity index is 1.84. The zero-order chi connectivity index (χ0) is 23.5. The lowest BCUT2D eigenvalue weighted by Gasteiger charge is -2.40. The van der Waals surface area contributed by atoms with Crippen LogP contribution in [0.15, 0.2) is 86.7 Å². The van der Waals surface area contributed by atoms with E-state index in [1.807, 2.05) is 0 Å². The molecule has 0 saturated heterocycles. The van der Waals surface area contributed by atoms with Gasteiger partial charge in [0, 0.05) is 34.5 Å². The van der Waals surface area contributed by atoms with Crippen LogP contribution in [-0.4, -0.2) is 36.5 Å². The highest BCUT2D eigenvalue weighted by Crippen LogP contribution is 2.44.